The summed E-state index contributed by atoms with van der Waals surface area (Å²) in [6.07, 6.45) is 3.04. The van der Waals surface area contributed by atoms with Crippen molar-refractivity contribution < 1.29 is 24.2 Å². The second-order valence-corrected chi connectivity index (χ2v) is 8.14. The second kappa shape index (κ2) is 12.3. The van der Waals surface area contributed by atoms with E-state index >= 15 is 0 Å². The first kappa shape index (κ1) is 26.2. The molecule has 188 valence electrons. The molecule has 0 atom stereocenters. The molecule has 1 heterocycles. The van der Waals surface area contributed by atoms with Crippen molar-refractivity contribution in [3.05, 3.63) is 99.2 Å². The van der Waals surface area contributed by atoms with Gasteiger partial charge in [0.1, 0.15) is 0 Å². The molecule has 3 aromatic rings. The SMILES string of the molecule is C=C(C)C(=O)OCCCCCCOC(=O)c1ccc(-n2c(O)cc(=O)n(-c3ccccc3)c2=O)cc1. The van der Waals surface area contributed by atoms with Gasteiger partial charge < -0.3 is 14.6 Å². The van der Waals surface area contributed by atoms with Gasteiger partial charge in [0.2, 0.25) is 5.88 Å². The number of hydrogen-bond donors (Lipinski definition) is 1. The van der Waals surface area contributed by atoms with Crippen molar-refractivity contribution in [3.8, 4) is 17.3 Å². The van der Waals surface area contributed by atoms with Crippen LogP contribution in [0.15, 0.2) is 82.4 Å². The van der Waals surface area contributed by atoms with E-state index in [-0.39, 0.29) is 17.9 Å². The van der Waals surface area contributed by atoms with Crippen LogP contribution >= 0.6 is 0 Å². The zero-order chi connectivity index (χ0) is 26.1. The molecule has 0 aliphatic heterocycles. The summed E-state index contributed by atoms with van der Waals surface area (Å²) in [4.78, 5) is 49.0. The van der Waals surface area contributed by atoms with E-state index in [2.05, 4.69) is 6.58 Å². The third-order valence-corrected chi connectivity index (χ3v) is 5.31. The number of aromatic nitrogens is 2. The van der Waals surface area contributed by atoms with Gasteiger partial charge in [0.05, 0.1) is 36.2 Å². The molecule has 0 aliphatic carbocycles. The van der Waals surface area contributed by atoms with Crippen molar-refractivity contribution in [3.63, 3.8) is 0 Å². The molecule has 0 spiro atoms. The van der Waals surface area contributed by atoms with Gasteiger partial charge in [-0.15, -0.1) is 0 Å². The number of benzene rings is 2. The molecule has 0 amide bonds. The highest BCUT2D eigenvalue weighted by Crippen LogP contribution is 2.15. The molecule has 1 aromatic heterocycles. The van der Waals surface area contributed by atoms with Gasteiger partial charge in [-0.3, -0.25) is 4.79 Å². The zero-order valence-electron chi connectivity index (χ0n) is 20.0. The Balaban J connectivity index is 1.57. The van der Waals surface area contributed by atoms with E-state index in [0.29, 0.717) is 24.3 Å². The van der Waals surface area contributed by atoms with Crippen LogP contribution in [-0.2, 0) is 14.3 Å². The molecule has 1 N–H and O–H groups in total. The summed E-state index contributed by atoms with van der Waals surface area (Å²) in [5, 5.41) is 10.3. The molecule has 36 heavy (non-hydrogen) atoms. The number of carbonyl (C=O) groups is 2. The van der Waals surface area contributed by atoms with E-state index in [9.17, 15) is 24.3 Å². The monoisotopic (exact) mass is 492 g/mol. The summed E-state index contributed by atoms with van der Waals surface area (Å²) < 4.78 is 12.2. The Morgan fingerprint density at radius 1 is 0.833 bits per heavy atom. The molecular weight excluding hydrogens is 464 g/mol. The minimum atomic E-state index is -0.740. The smallest absolute Gasteiger partial charge is 0.343 e. The fraction of sp³-hybridized carbons (Fsp3) is 0.259. The standard InChI is InChI=1S/C27H28N2O7/c1-19(2)25(32)35-16-8-3-4-9-17-36-26(33)20-12-14-22(15-13-20)29-24(31)18-23(30)28(27(29)34)21-10-6-5-7-11-21/h5-7,10-15,18,31H,1,3-4,8-9,16-17H2,2H3. The number of rotatable bonds is 11. The highest BCUT2D eigenvalue weighted by molar-refractivity contribution is 5.89. The summed E-state index contributed by atoms with van der Waals surface area (Å²) in [5.74, 6) is -1.42. The van der Waals surface area contributed by atoms with Crippen LogP contribution in [0.25, 0.3) is 11.4 Å². The van der Waals surface area contributed by atoms with Crippen LogP contribution in [0, 0.1) is 0 Å². The minimum absolute atomic E-state index is 0.244. The lowest BCUT2D eigenvalue weighted by Gasteiger charge is -2.12. The number of nitrogens with zero attached hydrogens (tertiary/aromatic N) is 2. The highest BCUT2D eigenvalue weighted by Gasteiger charge is 2.15. The summed E-state index contributed by atoms with van der Waals surface area (Å²) in [6, 6.07) is 15.3. The summed E-state index contributed by atoms with van der Waals surface area (Å²) in [6.45, 7) is 5.69. The average Bonchev–Trinajstić information content (AvgIpc) is 2.86. The number of para-hydroxylation sites is 1. The minimum Gasteiger partial charge on any atom is -0.494 e. The average molecular weight is 493 g/mol. The fourth-order valence-electron chi connectivity index (χ4n) is 3.43. The highest BCUT2D eigenvalue weighted by atomic mass is 16.5. The van der Waals surface area contributed by atoms with Crippen molar-refractivity contribution in [2.45, 2.75) is 32.6 Å². The molecule has 0 fully saturated rings. The molecule has 2 aromatic carbocycles. The summed E-state index contributed by atoms with van der Waals surface area (Å²) in [5.41, 5.74) is -0.0891. The van der Waals surface area contributed by atoms with Gasteiger partial charge >= 0.3 is 17.6 Å². The Hall–Kier alpha value is -4.40. The number of esters is 2. The second-order valence-electron chi connectivity index (χ2n) is 8.14. The number of hydrogen-bond acceptors (Lipinski definition) is 7. The lowest BCUT2D eigenvalue weighted by molar-refractivity contribution is -0.139. The van der Waals surface area contributed by atoms with E-state index in [1.807, 2.05) is 0 Å². The van der Waals surface area contributed by atoms with Crippen molar-refractivity contribution in [1.82, 2.24) is 9.13 Å². The first-order valence-electron chi connectivity index (χ1n) is 11.5. The lowest BCUT2D eigenvalue weighted by Crippen LogP contribution is -2.37. The topological polar surface area (TPSA) is 117 Å². The van der Waals surface area contributed by atoms with Crippen LogP contribution in [-0.4, -0.2) is 39.4 Å². The third kappa shape index (κ3) is 6.59. The van der Waals surface area contributed by atoms with Crippen LogP contribution < -0.4 is 11.2 Å². The quantitative estimate of drug-likeness (QED) is 0.247. The van der Waals surface area contributed by atoms with Crippen molar-refractivity contribution >= 4 is 11.9 Å². The van der Waals surface area contributed by atoms with Crippen molar-refractivity contribution in [2.75, 3.05) is 13.2 Å². The summed E-state index contributed by atoms with van der Waals surface area (Å²) in [7, 11) is 0. The van der Waals surface area contributed by atoms with Gasteiger partial charge in [0.25, 0.3) is 5.56 Å². The Bertz CT molecular complexity index is 1340. The van der Waals surface area contributed by atoms with Gasteiger partial charge in [0, 0.05) is 5.57 Å². The Morgan fingerprint density at radius 2 is 1.42 bits per heavy atom. The Labute approximate surface area is 207 Å². The number of carbonyl (C=O) groups excluding carboxylic acids is 2. The van der Waals surface area contributed by atoms with Crippen molar-refractivity contribution in [2.24, 2.45) is 0 Å². The first-order chi connectivity index (χ1) is 17.3. The third-order valence-electron chi connectivity index (χ3n) is 5.31. The van der Waals surface area contributed by atoms with Crippen LogP contribution in [0.5, 0.6) is 5.88 Å². The maximum Gasteiger partial charge on any atom is 0.343 e. The van der Waals surface area contributed by atoms with Crippen LogP contribution in [0.1, 0.15) is 43.0 Å². The first-order valence-corrected chi connectivity index (χ1v) is 11.5. The largest absolute Gasteiger partial charge is 0.494 e. The van der Waals surface area contributed by atoms with E-state index < -0.39 is 29.1 Å². The maximum absolute atomic E-state index is 13.0. The van der Waals surface area contributed by atoms with E-state index in [0.717, 1.165) is 34.5 Å². The van der Waals surface area contributed by atoms with E-state index in [4.69, 9.17) is 9.47 Å². The van der Waals surface area contributed by atoms with Gasteiger partial charge in [-0.2, -0.15) is 0 Å². The maximum atomic E-state index is 13.0. The number of aromatic hydroxyl groups is 1. The molecule has 0 saturated carbocycles. The van der Waals surface area contributed by atoms with Crippen LogP contribution in [0.2, 0.25) is 0 Å². The van der Waals surface area contributed by atoms with Gasteiger partial charge in [-0.05, 0) is 69.0 Å². The normalized spacial score (nSPS) is 10.6. The molecule has 0 saturated heterocycles. The molecule has 0 radical (unpaired) electrons. The number of ether oxygens (including phenoxy) is 2. The van der Waals surface area contributed by atoms with Crippen LogP contribution in [0.4, 0.5) is 0 Å². The molecule has 9 nitrogen and oxygen atoms in total. The summed E-state index contributed by atoms with van der Waals surface area (Å²) >= 11 is 0. The van der Waals surface area contributed by atoms with E-state index in [1.54, 1.807) is 37.3 Å². The molecule has 0 unspecified atom stereocenters. The van der Waals surface area contributed by atoms with Gasteiger partial charge in [0.15, 0.2) is 0 Å². The Morgan fingerprint density at radius 3 is 2.03 bits per heavy atom. The predicted octanol–water partition coefficient (Wildman–Crippen LogP) is 3.53. The van der Waals surface area contributed by atoms with Gasteiger partial charge in [-0.1, -0.05) is 24.8 Å². The molecular formula is C27H28N2O7. The predicted molar refractivity (Wildman–Crippen MR) is 134 cm³/mol. The molecule has 0 bridgehead atoms. The molecule has 9 heteroatoms. The Kier molecular flexibility index (Phi) is 8.99. The number of unbranched alkanes of at least 4 members (excludes halogenated alkanes) is 3. The molecule has 0 aliphatic rings. The van der Waals surface area contributed by atoms with Crippen LogP contribution in [0.3, 0.4) is 0 Å². The van der Waals surface area contributed by atoms with E-state index in [1.165, 1.54) is 24.3 Å². The fourth-order valence-corrected chi connectivity index (χ4v) is 3.43. The lowest BCUT2D eigenvalue weighted by atomic mass is 10.2. The van der Waals surface area contributed by atoms with Crippen molar-refractivity contribution in [1.29, 1.82) is 0 Å². The molecule has 3 rings (SSSR count). The zero-order valence-corrected chi connectivity index (χ0v) is 20.0. The van der Waals surface area contributed by atoms with Gasteiger partial charge in [-0.25, -0.2) is 23.5 Å².